The summed E-state index contributed by atoms with van der Waals surface area (Å²) < 4.78 is 1.23. The number of para-hydroxylation sites is 1. The standard InChI is InChI=1S/C18H16N4O4/c23-16-9-15(21-22(16)13-6-2-1-3-7-13)18(26)20-14(10-17(24)25)12-5-4-8-19-11-12/h1-9,11,14,23H,10H2,(H,20,26)(H,24,25). The highest BCUT2D eigenvalue weighted by Crippen LogP contribution is 2.20. The van der Waals surface area contributed by atoms with Crippen LogP contribution >= 0.6 is 0 Å². The number of benzene rings is 1. The first kappa shape index (κ1) is 17.2. The second-order valence-electron chi connectivity index (χ2n) is 5.55. The molecule has 2 aromatic heterocycles. The molecule has 1 atom stereocenters. The van der Waals surface area contributed by atoms with Gasteiger partial charge in [0, 0.05) is 18.5 Å². The molecule has 0 radical (unpaired) electrons. The molecule has 8 heteroatoms. The summed E-state index contributed by atoms with van der Waals surface area (Å²) in [7, 11) is 0. The highest BCUT2D eigenvalue weighted by atomic mass is 16.4. The van der Waals surface area contributed by atoms with Crippen molar-refractivity contribution in [2.75, 3.05) is 0 Å². The Kier molecular flexibility index (Phi) is 4.93. The van der Waals surface area contributed by atoms with E-state index in [-0.39, 0.29) is 18.0 Å². The molecule has 1 amide bonds. The van der Waals surface area contributed by atoms with Gasteiger partial charge >= 0.3 is 5.97 Å². The van der Waals surface area contributed by atoms with Gasteiger partial charge in [-0.25, -0.2) is 4.68 Å². The van der Waals surface area contributed by atoms with Gasteiger partial charge in [-0.2, -0.15) is 5.10 Å². The molecular formula is C18H16N4O4. The first-order valence-corrected chi connectivity index (χ1v) is 7.81. The van der Waals surface area contributed by atoms with E-state index in [0.717, 1.165) is 0 Å². The maximum atomic E-state index is 12.5. The fourth-order valence-electron chi connectivity index (χ4n) is 2.48. The molecule has 0 aliphatic heterocycles. The number of aliphatic carboxylic acids is 1. The Morgan fingerprint density at radius 1 is 1.15 bits per heavy atom. The van der Waals surface area contributed by atoms with Gasteiger partial charge in [-0.1, -0.05) is 24.3 Å². The molecule has 0 fully saturated rings. The van der Waals surface area contributed by atoms with Crippen molar-refractivity contribution in [2.45, 2.75) is 12.5 Å². The Balaban J connectivity index is 1.83. The first-order chi connectivity index (χ1) is 12.5. The van der Waals surface area contributed by atoms with Crippen molar-refractivity contribution in [3.63, 3.8) is 0 Å². The Hall–Kier alpha value is -3.68. The zero-order valence-electron chi connectivity index (χ0n) is 13.6. The summed E-state index contributed by atoms with van der Waals surface area (Å²) in [4.78, 5) is 27.6. The van der Waals surface area contributed by atoms with Crippen LogP contribution in [0.5, 0.6) is 5.88 Å². The van der Waals surface area contributed by atoms with Crippen molar-refractivity contribution >= 4 is 11.9 Å². The largest absolute Gasteiger partial charge is 0.493 e. The van der Waals surface area contributed by atoms with Crippen LogP contribution in [0.2, 0.25) is 0 Å². The zero-order chi connectivity index (χ0) is 18.5. The number of carbonyl (C=O) groups is 2. The average molecular weight is 352 g/mol. The van der Waals surface area contributed by atoms with Gasteiger partial charge in [0.25, 0.3) is 5.91 Å². The van der Waals surface area contributed by atoms with E-state index in [0.29, 0.717) is 11.3 Å². The summed E-state index contributed by atoms with van der Waals surface area (Å²) in [6.45, 7) is 0. The summed E-state index contributed by atoms with van der Waals surface area (Å²) in [5.74, 6) is -1.85. The van der Waals surface area contributed by atoms with Gasteiger partial charge in [0.1, 0.15) is 0 Å². The number of amides is 1. The van der Waals surface area contributed by atoms with Crippen LogP contribution in [0.3, 0.4) is 0 Å². The van der Waals surface area contributed by atoms with Crippen LogP contribution in [0, 0.1) is 0 Å². The van der Waals surface area contributed by atoms with E-state index >= 15 is 0 Å². The number of aromatic nitrogens is 3. The van der Waals surface area contributed by atoms with Crippen molar-refractivity contribution in [1.82, 2.24) is 20.1 Å². The molecule has 0 aliphatic rings. The summed E-state index contributed by atoms with van der Waals surface area (Å²) in [6, 6.07) is 12.6. The van der Waals surface area contributed by atoms with Gasteiger partial charge in [0.2, 0.25) is 5.88 Å². The third-order valence-corrected chi connectivity index (χ3v) is 3.69. The van der Waals surface area contributed by atoms with Gasteiger partial charge in [-0.3, -0.25) is 14.6 Å². The van der Waals surface area contributed by atoms with Crippen molar-refractivity contribution < 1.29 is 19.8 Å². The van der Waals surface area contributed by atoms with Crippen molar-refractivity contribution in [3.05, 3.63) is 72.2 Å². The topological polar surface area (TPSA) is 117 Å². The Bertz CT molecular complexity index is 909. The predicted octanol–water partition coefficient (Wildman–Crippen LogP) is 1.92. The molecule has 26 heavy (non-hydrogen) atoms. The molecule has 3 aromatic rings. The van der Waals surface area contributed by atoms with E-state index < -0.39 is 17.9 Å². The summed E-state index contributed by atoms with van der Waals surface area (Å²) in [6.07, 6.45) is 2.75. The fourth-order valence-corrected chi connectivity index (χ4v) is 2.48. The lowest BCUT2D eigenvalue weighted by atomic mass is 10.1. The first-order valence-electron chi connectivity index (χ1n) is 7.81. The molecule has 1 unspecified atom stereocenters. The number of nitrogens with one attached hydrogen (secondary N) is 1. The highest BCUT2D eigenvalue weighted by molar-refractivity contribution is 5.93. The van der Waals surface area contributed by atoms with Crippen molar-refractivity contribution in [1.29, 1.82) is 0 Å². The van der Waals surface area contributed by atoms with Crippen LogP contribution < -0.4 is 5.32 Å². The summed E-state index contributed by atoms with van der Waals surface area (Å²) in [5, 5.41) is 25.9. The number of carboxylic acid groups (broad SMARTS) is 1. The molecule has 0 saturated carbocycles. The quantitative estimate of drug-likeness (QED) is 0.624. The van der Waals surface area contributed by atoms with Crippen LogP contribution in [0.15, 0.2) is 60.9 Å². The number of pyridine rings is 1. The fraction of sp³-hybridized carbons (Fsp3) is 0.111. The molecule has 0 aliphatic carbocycles. The van der Waals surface area contributed by atoms with Gasteiger partial charge < -0.3 is 15.5 Å². The van der Waals surface area contributed by atoms with Gasteiger partial charge in [0.15, 0.2) is 5.69 Å². The lowest BCUT2D eigenvalue weighted by molar-refractivity contribution is -0.137. The lowest BCUT2D eigenvalue weighted by Gasteiger charge is -2.16. The third kappa shape index (κ3) is 3.86. The molecule has 132 valence electrons. The number of rotatable bonds is 6. The second kappa shape index (κ2) is 7.47. The van der Waals surface area contributed by atoms with Crippen LogP contribution in [0.1, 0.15) is 28.5 Å². The van der Waals surface area contributed by atoms with E-state index in [1.807, 2.05) is 6.07 Å². The summed E-state index contributed by atoms with van der Waals surface area (Å²) in [5.41, 5.74) is 1.14. The van der Waals surface area contributed by atoms with Crippen LogP contribution in [0.4, 0.5) is 0 Å². The Labute approximate surface area is 148 Å². The maximum Gasteiger partial charge on any atom is 0.305 e. The monoisotopic (exact) mass is 352 g/mol. The molecule has 3 N–H and O–H groups in total. The zero-order valence-corrected chi connectivity index (χ0v) is 13.6. The smallest absolute Gasteiger partial charge is 0.305 e. The predicted molar refractivity (Wildman–Crippen MR) is 91.9 cm³/mol. The van der Waals surface area contributed by atoms with E-state index in [1.54, 1.807) is 42.6 Å². The van der Waals surface area contributed by atoms with Crippen molar-refractivity contribution in [3.8, 4) is 11.6 Å². The molecule has 0 spiro atoms. The minimum atomic E-state index is -1.06. The van der Waals surface area contributed by atoms with Crippen LogP contribution in [-0.2, 0) is 4.79 Å². The molecule has 1 aromatic carbocycles. The molecular weight excluding hydrogens is 336 g/mol. The lowest BCUT2D eigenvalue weighted by Crippen LogP contribution is -2.30. The van der Waals surface area contributed by atoms with Gasteiger partial charge in [-0.15, -0.1) is 0 Å². The number of carboxylic acids is 1. The van der Waals surface area contributed by atoms with E-state index in [1.165, 1.54) is 16.9 Å². The number of carbonyl (C=O) groups excluding carboxylic acids is 1. The van der Waals surface area contributed by atoms with E-state index in [2.05, 4.69) is 15.4 Å². The van der Waals surface area contributed by atoms with E-state index in [9.17, 15) is 14.7 Å². The number of hydrogen-bond donors (Lipinski definition) is 3. The SMILES string of the molecule is O=C(O)CC(NC(=O)c1cc(O)n(-c2ccccc2)n1)c1cccnc1. The van der Waals surface area contributed by atoms with Crippen LogP contribution in [-0.4, -0.2) is 36.9 Å². The number of aromatic hydroxyl groups is 1. The second-order valence-corrected chi connectivity index (χ2v) is 5.55. The normalized spacial score (nSPS) is 11.7. The number of nitrogens with zero attached hydrogens (tertiary/aromatic N) is 3. The van der Waals surface area contributed by atoms with Gasteiger partial charge in [-0.05, 0) is 23.8 Å². The average Bonchev–Trinajstić information content (AvgIpc) is 3.04. The Morgan fingerprint density at radius 2 is 1.92 bits per heavy atom. The van der Waals surface area contributed by atoms with Gasteiger partial charge in [0.05, 0.1) is 18.2 Å². The van der Waals surface area contributed by atoms with E-state index in [4.69, 9.17) is 5.11 Å². The van der Waals surface area contributed by atoms with Crippen molar-refractivity contribution in [2.24, 2.45) is 0 Å². The molecule has 0 bridgehead atoms. The molecule has 2 heterocycles. The molecule has 0 saturated heterocycles. The maximum absolute atomic E-state index is 12.5. The number of hydrogen-bond acceptors (Lipinski definition) is 5. The minimum absolute atomic E-state index is 0.0226. The minimum Gasteiger partial charge on any atom is -0.493 e. The molecule has 3 rings (SSSR count). The van der Waals surface area contributed by atoms with Crippen LogP contribution in [0.25, 0.3) is 5.69 Å². The highest BCUT2D eigenvalue weighted by Gasteiger charge is 2.22. The third-order valence-electron chi connectivity index (χ3n) is 3.69. The Morgan fingerprint density at radius 3 is 2.58 bits per heavy atom. The molecule has 8 nitrogen and oxygen atoms in total. The summed E-state index contributed by atoms with van der Waals surface area (Å²) >= 11 is 0.